The Bertz CT molecular complexity index is 867. The van der Waals surface area contributed by atoms with E-state index in [4.69, 9.17) is 9.72 Å². The smallest absolute Gasteiger partial charge is 0.165 e. The Balaban J connectivity index is 1.37. The van der Waals surface area contributed by atoms with E-state index in [0.717, 1.165) is 55.8 Å². The minimum absolute atomic E-state index is 0.704. The highest BCUT2D eigenvalue weighted by atomic mass is 16.5. The first-order valence-electron chi connectivity index (χ1n) is 9.09. The molecule has 0 atom stereocenters. The lowest BCUT2D eigenvalue weighted by Crippen LogP contribution is -2.46. The average Bonchev–Trinajstić information content (AvgIpc) is 3.13. The maximum Gasteiger partial charge on any atom is 0.165 e. The van der Waals surface area contributed by atoms with Crippen molar-refractivity contribution in [1.82, 2.24) is 24.5 Å². The number of rotatable bonds is 5. The quantitative estimate of drug-likeness (QED) is 0.701. The zero-order chi connectivity index (χ0) is 17.9. The van der Waals surface area contributed by atoms with Gasteiger partial charge < -0.3 is 9.64 Å². The number of anilines is 1. The van der Waals surface area contributed by atoms with Crippen molar-refractivity contribution < 1.29 is 4.74 Å². The van der Waals surface area contributed by atoms with E-state index >= 15 is 0 Å². The lowest BCUT2D eigenvalue weighted by atomic mass is 10.2. The summed E-state index contributed by atoms with van der Waals surface area (Å²) in [6.45, 7) is 9.64. The van der Waals surface area contributed by atoms with Crippen LogP contribution in [0.5, 0.6) is 5.75 Å². The number of piperazine rings is 1. The van der Waals surface area contributed by atoms with Crippen LogP contribution in [0.3, 0.4) is 0 Å². The first-order valence-corrected chi connectivity index (χ1v) is 9.09. The summed E-state index contributed by atoms with van der Waals surface area (Å²) < 4.78 is 7.42. The van der Waals surface area contributed by atoms with Crippen molar-refractivity contribution in [2.75, 3.05) is 37.7 Å². The second kappa shape index (κ2) is 7.29. The summed E-state index contributed by atoms with van der Waals surface area (Å²) in [5, 5.41) is 8.11. The topological polar surface area (TPSA) is 58.8 Å². The van der Waals surface area contributed by atoms with Gasteiger partial charge in [-0.1, -0.05) is 12.1 Å². The molecule has 3 heterocycles. The average molecular weight is 352 g/mol. The van der Waals surface area contributed by atoms with E-state index in [0.29, 0.717) is 6.61 Å². The highest BCUT2D eigenvalue weighted by Gasteiger charge is 2.19. The molecule has 1 fully saturated rings. The molecule has 3 aromatic rings. The third-order valence-corrected chi connectivity index (χ3v) is 4.79. The largest absolute Gasteiger partial charge is 0.494 e. The molecule has 0 bridgehead atoms. The molecule has 0 spiro atoms. The highest BCUT2D eigenvalue weighted by molar-refractivity contribution is 5.51. The zero-order valence-corrected chi connectivity index (χ0v) is 15.3. The number of hydrogen-bond donors (Lipinski definition) is 0. The Kier molecular flexibility index (Phi) is 4.71. The molecule has 7 nitrogen and oxygen atoms in total. The molecule has 7 heteroatoms. The van der Waals surface area contributed by atoms with Gasteiger partial charge >= 0.3 is 0 Å². The molecular weight excluding hydrogens is 328 g/mol. The minimum Gasteiger partial charge on any atom is -0.494 e. The summed E-state index contributed by atoms with van der Waals surface area (Å²) in [6.07, 6.45) is 1.70. The fourth-order valence-corrected chi connectivity index (χ4v) is 3.37. The van der Waals surface area contributed by atoms with Gasteiger partial charge in [0.1, 0.15) is 23.7 Å². The van der Waals surface area contributed by atoms with Gasteiger partial charge in [0.25, 0.3) is 0 Å². The van der Waals surface area contributed by atoms with Crippen LogP contribution in [0.25, 0.3) is 5.65 Å². The predicted octanol–water partition coefficient (Wildman–Crippen LogP) is 2.15. The molecule has 0 unspecified atom stereocenters. The molecule has 0 amide bonds. The van der Waals surface area contributed by atoms with Crippen LogP contribution in [0.4, 0.5) is 5.82 Å². The van der Waals surface area contributed by atoms with Gasteiger partial charge in [-0.15, -0.1) is 10.2 Å². The predicted molar refractivity (Wildman–Crippen MR) is 101 cm³/mol. The van der Waals surface area contributed by atoms with Crippen molar-refractivity contribution in [3.63, 3.8) is 0 Å². The maximum atomic E-state index is 5.51. The first-order chi connectivity index (χ1) is 12.7. The number of aryl methyl sites for hydroxylation is 1. The fraction of sp³-hybridized carbons (Fsp3) is 0.421. The van der Waals surface area contributed by atoms with Crippen LogP contribution >= 0.6 is 0 Å². The minimum atomic E-state index is 0.704. The first kappa shape index (κ1) is 16.8. The Hall–Kier alpha value is -2.67. The summed E-state index contributed by atoms with van der Waals surface area (Å²) in [4.78, 5) is 9.52. The zero-order valence-electron chi connectivity index (χ0n) is 15.3. The third kappa shape index (κ3) is 3.48. The number of fused-ring (bicyclic) bond motifs is 1. The van der Waals surface area contributed by atoms with Crippen molar-refractivity contribution in [3.8, 4) is 5.75 Å². The van der Waals surface area contributed by atoms with Gasteiger partial charge in [-0.05, 0) is 31.5 Å². The summed E-state index contributed by atoms with van der Waals surface area (Å²) in [5.74, 6) is 2.84. The molecule has 0 saturated carbocycles. The van der Waals surface area contributed by atoms with E-state index in [-0.39, 0.29) is 0 Å². The molecule has 1 aromatic carbocycles. The van der Waals surface area contributed by atoms with E-state index in [1.54, 1.807) is 6.33 Å². The number of nitrogens with zero attached hydrogens (tertiary/aromatic N) is 6. The molecule has 136 valence electrons. The second-order valence-electron chi connectivity index (χ2n) is 6.56. The number of hydrogen-bond acceptors (Lipinski definition) is 6. The molecular formula is C19H24N6O. The molecule has 4 rings (SSSR count). The van der Waals surface area contributed by atoms with E-state index < -0.39 is 0 Å². The summed E-state index contributed by atoms with van der Waals surface area (Å²) in [7, 11) is 0. The van der Waals surface area contributed by atoms with Crippen LogP contribution in [0.15, 0.2) is 36.7 Å². The Morgan fingerprint density at radius 3 is 2.58 bits per heavy atom. The Morgan fingerprint density at radius 1 is 1.08 bits per heavy atom. The van der Waals surface area contributed by atoms with Crippen LogP contribution < -0.4 is 9.64 Å². The van der Waals surface area contributed by atoms with Crippen LogP contribution in [0.2, 0.25) is 0 Å². The highest BCUT2D eigenvalue weighted by Crippen LogP contribution is 2.18. The standard InChI is InChI=1S/C19H24N6O/c1-3-26-17-6-4-16(5-7-17)13-23-8-10-24(11-9-23)18-12-19-22-20-14-25(19)15(2)21-18/h4-7,12,14H,3,8-11,13H2,1-2H3. The summed E-state index contributed by atoms with van der Waals surface area (Å²) in [5.41, 5.74) is 2.17. The van der Waals surface area contributed by atoms with Crippen LogP contribution in [-0.4, -0.2) is 57.3 Å². The third-order valence-electron chi connectivity index (χ3n) is 4.79. The van der Waals surface area contributed by atoms with Gasteiger partial charge in [-0.25, -0.2) is 4.98 Å². The molecule has 1 saturated heterocycles. The summed E-state index contributed by atoms with van der Waals surface area (Å²) >= 11 is 0. The maximum absolute atomic E-state index is 5.51. The Morgan fingerprint density at radius 2 is 1.85 bits per heavy atom. The molecule has 0 N–H and O–H groups in total. The van der Waals surface area contributed by atoms with E-state index in [2.05, 4.69) is 44.3 Å². The lowest BCUT2D eigenvalue weighted by Gasteiger charge is -2.35. The SMILES string of the molecule is CCOc1ccc(CN2CCN(c3cc4nncn4c(C)n3)CC2)cc1. The number of aromatic nitrogens is 4. The van der Waals surface area contributed by atoms with Crippen molar-refractivity contribution in [1.29, 1.82) is 0 Å². The number of ether oxygens (including phenoxy) is 1. The van der Waals surface area contributed by atoms with Crippen molar-refractivity contribution in [3.05, 3.63) is 48.0 Å². The van der Waals surface area contributed by atoms with Gasteiger partial charge in [0.05, 0.1) is 6.61 Å². The van der Waals surface area contributed by atoms with Gasteiger partial charge in [0.15, 0.2) is 5.65 Å². The van der Waals surface area contributed by atoms with Crippen molar-refractivity contribution >= 4 is 11.5 Å². The van der Waals surface area contributed by atoms with Crippen LogP contribution in [0, 0.1) is 6.92 Å². The molecule has 1 aliphatic rings. The van der Waals surface area contributed by atoms with Crippen LogP contribution in [0.1, 0.15) is 18.3 Å². The monoisotopic (exact) mass is 352 g/mol. The molecule has 2 aromatic heterocycles. The molecule has 1 aliphatic heterocycles. The van der Waals surface area contributed by atoms with E-state index in [1.807, 2.05) is 24.3 Å². The normalized spacial score (nSPS) is 15.5. The van der Waals surface area contributed by atoms with Crippen molar-refractivity contribution in [2.45, 2.75) is 20.4 Å². The van der Waals surface area contributed by atoms with Gasteiger partial charge in [-0.3, -0.25) is 9.30 Å². The molecule has 0 aliphatic carbocycles. The fourth-order valence-electron chi connectivity index (χ4n) is 3.37. The molecule has 0 radical (unpaired) electrons. The lowest BCUT2D eigenvalue weighted by molar-refractivity contribution is 0.249. The molecule has 26 heavy (non-hydrogen) atoms. The van der Waals surface area contributed by atoms with E-state index in [1.165, 1.54) is 5.56 Å². The summed E-state index contributed by atoms with van der Waals surface area (Å²) in [6, 6.07) is 10.4. The van der Waals surface area contributed by atoms with Gasteiger partial charge in [0, 0.05) is 38.8 Å². The van der Waals surface area contributed by atoms with Gasteiger partial charge in [0.2, 0.25) is 0 Å². The van der Waals surface area contributed by atoms with Gasteiger partial charge in [-0.2, -0.15) is 0 Å². The van der Waals surface area contributed by atoms with E-state index in [9.17, 15) is 0 Å². The number of benzene rings is 1. The van der Waals surface area contributed by atoms with Crippen molar-refractivity contribution in [2.24, 2.45) is 0 Å². The van der Waals surface area contributed by atoms with Crippen LogP contribution in [-0.2, 0) is 6.54 Å². The Labute approximate surface area is 153 Å². The second-order valence-corrected chi connectivity index (χ2v) is 6.56.